The van der Waals surface area contributed by atoms with Crippen LogP contribution >= 0.6 is 0 Å². The molecule has 3 heteroatoms. The van der Waals surface area contributed by atoms with E-state index in [1.807, 2.05) is 24.3 Å². The molecule has 1 aromatic rings. The molecule has 0 radical (unpaired) electrons. The molecule has 0 amide bonds. The quantitative estimate of drug-likeness (QED) is 0.638. The third-order valence-electron chi connectivity index (χ3n) is 3.36. The maximum atomic E-state index is 12.2. The molecule has 1 aromatic carbocycles. The fraction of sp³-hybridized carbons (Fsp3) is 0.467. The lowest BCUT2D eigenvalue weighted by Crippen LogP contribution is -2.47. The molecule has 1 aliphatic carbocycles. The Morgan fingerprint density at radius 3 is 2.78 bits per heavy atom. The van der Waals surface area contributed by atoms with Crippen molar-refractivity contribution >= 4 is 11.6 Å². The number of benzene rings is 1. The van der Waals surface area contributed by atoms with Crippen LogP contribution in [0.5, 0.6) is 0 Å². The van der Waals surface area contributed by atoms with Crippen LogP contribution in [0.25, 0.3) is 0 Å². The van der Waals surface area contributed by atoms with Gasteiger partial charge in [0.2, 0.25) is 0 Å². The van der Waals surface area contributed by atoms with Crippen LogP contribution < -0.4 is 5.32 Å². The standard InChI is InChI=1S/C15H19NO2/c1-2-3-6-9-16-14-13(17)10-11-7-4-5-8-12(11)15(14)18/h4-5,7-8,14,16H,2-3,6,9-10H2,1H3. The van der Waals surface area contributed by atoms with Crippen LogP contribution in [0, 0.1) is 0 Å². The van der Waals surface area contributed by atoms with Gasteiger partial charge in [-0.1, -0.05) is 44.0 Å². The molecule has 2 rings (SSSR count). The Labute approximate surface area is 108 Å². The first-order chi connectivity index (χ1) is 8.74. The Kier molecular flexibility index (Phi) is 4.26. The molecule has 0 saturated heterocycles. The van der Waals surface area contributed by atoms with Gasteiger partial charge in [-0.2, -0.15) is 0 Å². The molecule has 0 fully saturated rings. The van der Waals surface area contributed by atoms with Gasteiger partial charge >= 0.3 is 0 Å². The zero-order chi connectivity index (χ0) is 13.0. The zero-order valence-corrected chi connectivity index (χ0v) is 10.7. The van der Waals surface area contributed by atoms with Crippen molar-refractivity contribution in [2.75, 3.05) is 6.54 Å². The van der Waals surface area contributed by atoms with E-state index in [-0.39, 0.29) is 11.6 Å². The molecule has 96 valence electrons. The summed E-state index contributed by atoms with van der Waals surface area (Å²) in [4.78, 5) is 24.2. The van der Waals surface area contributed by atoms with Crippen LogP contribution in [0.4, 0.5) is 0 Å². The van der Waals surface area contributed by atoms with Gasteiger partial charge in [0, 0.05) is 12.0 Å². The highest BCUT2D eigenvalue weighted by atomic mass is 16.2. The van der Waals surface area contributed by atoms with E-state index in [2.05, 4.69) is 12.2 Å². The first kappa shape index (κ1) is 13.0. The van der Waals surface area contributed by atoms with Gasteiger partial charge in [-0.15, -0.1) is 0 Å². The van der Waals surface area contributed by atoms with E-state index in [0.717, 1.165) is 31.4 Å². The minimum absolute atomic E-state index is 0.00445. The van der Waals surface area contributed by atoms with Crippen molar-refractivity contribution in [2.24, 2.45) is 0 Å². The number of hydrogen-bond donors (Lipinski definition) is 1. The Hall–Kier alpha value is -1.48. The summed E-state index contributed by atoms with van der Waals surface area (Å²) in [6, 6.07) is 6.76. The second-order valence-corrected chi connectivity index (χ2v) is 4.76. The Balaban J connectivity index is 2.05. The minimum Gasteiger partial charge on any atom is -0.301 e. The number of ketones is 2. The van der Waals surface area contributed by atoms with Gasteiger partial charge in [-0.25, -0.2) is 0 Å². The van der Waals surface area contributed by atoms with E-state index in [4.69, 9.17) is 0 Å². The molecule has 0 saturated carbocycles. The van der Waals surface area contributed by atoms with Crippen molar-refractivity contribution in [1.29, 1.82) is 0 Å². The van der Waals surface area contributed by atoms with Gasteiger partial charge in [0.05, 0.1) is 0 Å². The lowest BCUT2D eigenvalue weighted by atomic mass is 9.86. The van der Waals surface area contributed by atoms with Crippen molar-refractivity contribution in [3.05, 3.63) is 35.4 Å². The van der Waals surface area contributed by atoms with E-state index >= 15 is 0 Å². The highest BCUT2D eigenvalue weighted by Crippen LogP contribution is 2.19. The van der Waals surface area contributed by atoms with Gasteiger partial charge in [0.15, 0.2) is 11.6 Å². The molecular formula is C15H19NO2. The van der Waals surface area contributed by atoms with Crippen molar-refractivity contribution in [3.63, 3.8) is 0 Å². The molecule has 0 heterocycles. The van der Waals surface area contributed by atoms with E-state index in [9.17, 15) is 9.59 Å². The summed E-state index contributed by atoms with van der Waals surface area (Å²) in [6.07, 6.45) is 3.64. The maximum Gasteiger partial charge on any atom is 0.187 e. The lowest BCUT2D eigenvalue weighted by Gasteiger charge is -2.23. The molecule has 1 N–H and O–H groups in total. The molecule has 0 aromatic heterocycles. The summed E-state index contributed by atoms with van der Waals surface area (Å²) in [5, 5.41) is 3.10. The number of nitrogens with one attached hydrogen (secondary N) is 1. The summed E-state index contributed by atoms with van der Waals surface area (Å²) in [7, 11) is 0. The van der Waals surface area contributed by atoms with E-state index < -0.39 is 6.04 Å². The smallest absolute Gasteiger partial charge is 0.187 e. The summed E-state index contributed by atoms with van der Waals surface area (Å²) in [6.45, 7) is 2.87. The van der Waals surface area contributed by atoms with Crippen LogP contribution in [0.1, 0.15) is 42.1 Å². The number of unbranched alkanes of at least 4 members (excludes halogenated alkanes) is 2. The molecule has 1 unspecified atom stereocenters. The van der Waals surface area contributed by atoms with E-state index in [1.165, 1.54) is 0 Å². The van der Waals surface area contributed by atoms with Crippen LogP contribution in [0.3, 0.4) is 0 Å². The van der Waals surface area contributed by atoms with Gasteiger partial charge in [-0.3, -0.25) is 9.59 Å². The molecular weight excluding hydrogens is 226 g/mol. The normalized spacial score (nSPS) is 18.8. The number of Topliss-reactive ketones (excluding diaryl/α,β-unsaturated/α-hetero) is 2. The number of fused-ring (bicyclic) bond motifs is 1. The van der Waals surface area contributed by atoms with Crippen molar-refractivity contribution in [2.45, 2.75) is 38.6 Å². The predicted octanol–water partition coefficient (Wildman–Crippen LogP) is 2.14. The monoisotopic (exact) mass is 245 g/mol. The molecule has 0 aliphatic heterocycles. The van der Waals surface area contributed by atoms with Crippen LogP contribution in [0.15, 0.2) is 24.3 Å². The van der Waals surface area contributed by atoms with Gasteiger partial charge in [0.1, 0.15) is 6.04 Å². The third-order valence-corrected chi connectivity index (χ3v) is 3.36. The average Bonchev–Trinajstić information content (AvgIpc) is 2.38. The highest BCUT2D eigenvalue weighted by molar-refractivity contribution is 6.18. The molecule has 0 bridgehead atoms. The summed E-state index contributed by atoms with van der Waals surface area (Å²) in [5.74, 6) is -0.0754. The minimum atomic E-state index is -0.628. The molecule has 3 nitrogen and oxygen atoms in total. The largest absolute Gasteiger partial charge is 0.301 e. The summed E-state index contributed by atoms with van der Waals surface area (Å²) >= 11 is 0. The molecule has 1 atom stereocenters. The van der Waals surface area contributed by atoms with Crippen LogP contribution in [0.2, 0.25) is 0 Å². The first-order valence-corrected chi connectivity index (χ1v) is 6.62. The zero-order valence-electron chi connectivity index (χ0n) is 10.7. The lowest BCUT2D eigenvalue weighted by molar-refractivity contribution is -0.119. The maximum absolute atomic E-state index is 12.2. The first-order valence-electron chi connectivity index (χ1n) is 6.62. The summed E-state index contributed by atoms with van der Waals surface area (Å²) in [5.41, 5.74) is 1.56. The molecule has 1 aliphatic rings. The van der Waals surface area contributed by atoms with Gasteiger partial charge in [-0.05, 0) is 18.5 Å². The van der Waals surface area contributed by atoms with E-state index in [1.54, 1.807) is 0 Å². The highest BCUT2D eigenvalue weighted by Gasteiger charge is 2.33. The SMILES string of the molecule is CCCCCNC1C(=O)Cc2ccccc2C1=O. The van der Waals surface area contributed by atoms with Crippen molar-refractivity contribution in [3.8, 4) is 0 Å². The molecule has 18 heavy (non-hydrogen) atoms. The van der Waals surface area contributed by atoms with Crippen molar-refractivity contribution < 1.29 is 9.59 Å². The predicted molar refractivity (Wildman–Crippen MR) is 70.8 cm³/mol. The number of carbonyl (C=O) groups excluding carboxylic acids is 2. The van der Waals surface area contributed by atoms with Gasteiger partial charge < -0.3 is 5.32 Å². The topological polar surface area (TPSA) is 46.2 Å². The second kappa shape index (κ2) is 5.91. The fourth-order valence-electron chi connectivity index (χ4n) is 2.33. The third kappa shape index (κ3) is 2.67. The molecule has 0 spiro atoms. The Morgan fingerprint density at radius 2 is 2.00 bits per heavy atom. The van der Waals surface area contributed by atoms with Crippen LogP contribution in [-0.4, -0.2) is 24.2 Å². The fourth-order valence-corrected chi connectivity index (χ4v) is 2.33. The van der Waals surface area contributed by atoms with E-state index in [0.29, 0.717) is 12.0 Å². The number of carbonyl (C=O) groups is 2. The number of rotatable bonds is 5. The number of hydrogen-bond acceptors (Lipinski definition) is 3. The second-order valence-electron chi connectivity index (χ2n) is 4.76. The average molecular weight is 245 g/mol. The Morgan fingerprint density at radius 1 is 1.22 bits per heavy atom. The van der Waals surface area contributed by atoms with Crippen LogP contribution in [-0.2, 0) is 11.2 Å². The Bertz CT molecular complexity index is 454. The van der Waals surface area contributed by atoms with Gasteiger partial charge in [0.25, 0.3) is 0 Å². The van der Waals surface area contributed by atoms with Crippen molar-refractivity contribution in [1.82, 2.24) is 5.32 Å². The summed E-state index contributed by atoms with van der Waals surface area (Å²) < 4.78 is 0.